The number of anilines is 1. The fourth-order valence-corrected chi connectivity index (χ4v) is 5.13. The topological polar surface area (TPSA) is 98.9 Å². The van der Waals surface area contributed by atoms with Crippen LogP contribution in [0.2, 0.25) is 0 Å². The molecule has 2 aliphatic carbocycles. The molecule has 5 rings (SSSR count). The van der Waals surface area contributed by atoms with Gasteiger partial charge >= 0.3 is 7.12 Å². The Bertz CT molecular complexity index is 999. The van der Waals surface area contributed by atoms with Gasteiger partial charge in [0.25, 0.3) is 0 Å². The normalized spacial score (nSPS) is 26.0. The molecule has 2 saturated carbocycles. The molecule has 4 aliphatic rings. The van der Waals surface area contributed by atoms with Crippen LogP contribution in [0.5, 0.6) is 0 Å². The number of nitriles is 1. The van der Waals surface area contributed by atoms with Crippen LogP contribution in [0, 0.1) is 17.2 Å². The second-order valence-corrected chi connectivity index (χ2v) is 11.2. The van der Waals surface area contributed by atoms with E-state index in [9.17, 15) is 15.2 Å². The zero-order chi connectivity index (χ0) is 24.3. The van der Waals surface area contributed by atoms with E-state index in [1.54, 1.807) is 0 Å². The summed E-state index contributed by atoms with van der Waals surface area (Å²) in [6, 6.07) is 4.40. The number of carbonyl (C=O) groups is 1. The largest absolute Gasteiger partial charge is 0.496 e. The minimum atomic E-state index is -0.540. The molecule has 1 atom stereocenters. The van der Waals surface area contributed by atoms with E-state index in [4.69, 9.17) is 14.3 Å². The molecule has 182 valence electrons. The molecule has 0 aromatic carbocycles. The van der Waals surface area contributed by atoms with Gasteiger partial charge in [0.05, 0.1) is 29.4 Å². The highest BCUT2D eigenvalue weighted by atomic mass is 16.7. The minimum Gasteiger partial charge on any atom is -0.399 e. The van der Waals surface area contributed by atoms with Gasteiger partial charge in [0.15, 0.2) is 0 Å². The van der Waals surface area contributed by atoms with Crippen molar-refractivity contribution in [3.05, 3.63) is 17.3 Å². The molecule has 2 aliphatic heterocycles. The lowest BCUT2D eigenvalue weighted by Crippen LogP contribution is -2.56. The van der Waals surface area contributed by atoms with Crippen LogP contribution in [0.3, 0.4) is 0 Å². The summed E-state index contributed by atoms with van der Waals surface area (Å²) in [6.07, 6.45) is 4.57. The molecular formula is C25H35BN4O4. The molecule has 0 spiro atoms. The smallest absolute Gasteiger partial charge is 0.399 e. The van der Waals surface area contributed by atoms with Crippen LogP contribution in [0.15, 0.2) is 6.07 Å². The molecule has 1 aromatic heterocycles. The van der Waals surface area contributed by atoms with Crippen molar-refractivity contribution in [2.75, 3.05) is 31.1 Å². The molecule has 0 bridgehead atoms. The lowest BCUT2D eigenvalue weighted by Gasteiger charge is -2.42. The predicted octanol–water partition coefficient (Wildman–Crippen LogP) is 1.94. The molecule has 3 heterocycles. The summed E-state index contributed by atoms with van der Waals surface area (Å²) in [6.45, 7) is 9.90. The molecule has 1 amide bonds. The van der Waals surface area contributed by atoms with Crippen LogP contribution in [-0.4, -0.2) is 71.5 Å². The number of carbonyl (C=O) groups excluding carboxylic acids is 1. The van der Waals surface area contributed by atoms with Crippen molar-refractivity contribution in [2.45, 2.75) is 83.0 Å². The Labute approximate surface area is 202 Å². The van der Waals surface area contributed by atoms with E-state index < -0.39 is 18.3 Å². The Kier molecular flexibility index (Phi) is 5.90. The van der Waals surface area contributed by atoms with Gasteiger partial charge in [-0.15, -0.1) is 0 Å². The van der Waals surface area contributed by atoms with Gasteiger partial charge in [-0.3, -0.25) is 4.79 Å². The molecule has 9 heteroatoms. The van der Waals surface area contributed by atoms with E-state index in [0.29, 0.717) is 42.9 Å². The maximum Gasteiger partial charge on any atom is 0.496 e. The number of hydrogen-bond acceptors (Lipinski definition) is 7. The second-order valence-electron chi connectivity index (χ2n) is 11.2. The first-order valence-corrected chi connectivity index (χ1v) is 12.6. The van der Waals surface area contributed by atoms with E-state index in [1.807, 2.05) is 38.7 Å². The van der Waals surface area contributed by atoms with E-state index in [0.717, 1.165) is 36.8 Å². The van der Waals surface area contributed by atoms with Gasteiger partial charge in [-0.05, 0) is 65.4 Å². The highest BCUT2D eigenvalue weighted by Crippen LogP contribution is 2.43. The SMILES string of the molecule is CC1(C)OB(c2cc(C#N)c(N3CCN(C(=O)CCO)[C@H](C4CC4)C3)nc2C2CC2)OC1(C)C. The van der Waals surface area contributed by atoms with E-state index in [2.05, 4.69) is 11.0 Å². The van der Waals surface area contributed by atoms with Crippen LogP contribution in [-0.2, 0) is 14.1 Å². The van der Waals surface area contributed by atoms with Gasteiger partial charge in [0.2, 0.25) is 5.91 Å². The maximum absolute atomic E-state index is 12.6. The van der Waals surface area contributed by atoms with Crippen LogP contribution >= 0.6 is 0 Å². The number of hydrogen-bond donors (Lipinski definition) is 1. The highest BCUT2D eigenvalue weighted by Gasteiger charge is 2.53. The fourth-order valence-electron chi connectivity index (χ4n) is 5.13. The summed E-state index contributed by atoms with van der Waals surface area (Å²) < 4.78 is 12.6. The van der Waals surface area contributed by atoms with Gasteiger partial charge in [-0.2, -0.15) is 5.26 Å². The standard InChI is InChI=1S/C25H35BN4O4/c1-24(2)25(3,4)34-26(33-24)19-13-18(14-27)23(28-22(19)17-7-8-17)29-10-11-30(21(32)9-12-31)20(15-29)16-5-6-16/h13,16-17,20,31H,5-12,15H2,1-4H3/t20-/m0/s1. The summed E-state index contributed by atoms with van der Waals surface area (Å²) in [5.41, 5.74) is 1.46. The van der Waals surface area contributed by atoms with Gasteiger partial charge < -0.3 is 24.2 Å². The van der Waals surface area contributed by atoms with Crippen molar-refractivity contribution in [3.63, 3.8) is 0 Å². The molecule has 0 unspecified atom stereocenters. The van der Waals surface area contributed by atoms with Crippen molar-refractivity contribution in [1.82, 2.24) is 9.88 Å². The molecule has 1 aromatic rings. The number of piperazine rings is 1. The number of aliphatic hydroxyl groups excluding tert-OH is 1. The highest BCUT2D eigenvalue weighted by molar-refractivity contribution is 6.62. The quantitative estimate of drug-likeness (QED) is 0.640. The summed E-state index contributed by atoms with van der Waals surface area (Å²) in [4.78, 5) is 21.8. The molecule has 34 heavy (non-hydrogen) atoms. The number of aliphatic hydroxyl groups is 1. The van der Waals surface area contributed by atoms with E-state index >= 15 is 0 Å². The molecule has 2 saturated heterocycles. The van der Waals surface area contributed by atoms with Crippen LogP contribution in [0.25, 0.3) is 0 Å². The monoisotopic (exact) mass is 466 g/mol. The van der Waals surface area contributed by atoms with Crippen molar-refractivity contribution in [2.24, 2.45) is 5.92 Å². The number of nitrogens with zero attached hydrogens (tertiary/aromatic N) is 4. The van der Waals surface area contributed by atoms with Crippen molar-refractivity contribution >= 4 is 24.3 Å². The number of rotatable bonds is 6. The summed E-state index contributed by atoms with van der Waals surface area (Å²) in [7, 11) is -0.540. The first-order valence-electron chi connectivity index (χ1n) is 12.6. The lowest BCUT2D eigenvalue weighted by atomic mass is 9.76. The third-order valence-electron chi connectivity index (χ3n) is 8.18. The van der Waals surface area contributed by atoms with Crippen LogP contribution < -0.4 is 10.4 Å². The summed E-state index contributed by atoms with van der Waals surface area (Å²) in [5, 5.41) is 19.3. The average molecular weight is 466 g/mol. The van der Waals surface area contributed by atoms with Gasteiger partial charge in [0, 0.05) is 43.1 Å². The molecule has 1 N–H and O–H groups in total. The fraction of sp³-hybridized carbons (Fsp3) is 0.720. The van der Waals surface area contributed by atoms with Crippen molar-refractivity contribution < 1.29 is 19.2 Å². The predicted molar refractivity (Wildman–Crippen MR) is 129 cm³/mol. The lowest BCUT2D eigenvalue weighted by molar-refractivity contribution is -0.135. The number of pyridine rings is 1. The second kappa shape index (κ2) is 8.51. The number of amides is 1. The molecular weight excluding hydrogens is 431 g/mol. The zero-order valence-corrected chi connectivity index (χ0v) is 20.7. The Morgan fingerprint density at radius 1 is 1.21 bits per heavy atom. The third-order valence-corrected chi connectivity index (χ3v) is 8.18. The summed E-state index contributed by atoms with van der Waals surface area (Å²) in [5.74, 6) is 1.59. The van der Waals surface area contributed by atoms with Gasteiger partial charge in [0.1, 0.15) is 11.9 Å². The minimum absolute atomic E-state index is 0.0160. The Hall–Kier alpha value is -2.15. The van der Waals surface area contributed by atoms with Gasteiger partial charge in [-0.25, -0.2) is 4.98 Å². The first-order chi connectivity index (χ1) is 16.1. The van der Waals surface area contributed by atoms with Crippen molar-refractivity contribution in [3.8, 4) is 6.07 Å². The zero-order valence-electron chi connectivity index (χ0n) is 20.7. The Morgan fingerprint density at radius 2 is 1.88 bits per heavy atom. The summed E-state index contributed by atoms with van der Waals surface area (Å²) >= 11 is 0. The third kappa shape index (κ3) is 4.21. The van der Waals surface area contributed by atoms with Crippen LogP contribution in [0.4, 0.5) is 5.82 Å². The van der Waals surface area contributed by atoms with E-state index in [1.165, 1.54) is 0 Å². The number of aromatic nitrogens is 1. The average Bonchev–Trinajstić information content (AvgIpc) is 3.70. The maximum atomic E-state index is 12.6. The van der Waals surface area contributed by atoms with Crippen LogP contribution in [0.1, 0.15) is 77.0 Å². The Morgan fingerprint density at radius 3 is 2.44 bits per heavy atom. The Balaban J connectivity index is 1.46. The first kappa shape index (κ1) is 23.6. The molecule has 8 nitrogen and oxygen atoms in total. The van der Waals surface area contributed by atoms with Crippen molar-refractivity contribution in [1.29, 1.82) is 5.26 Å². The van der Waals surface area contributed by atoms with E-state index in [-0.39, 0.29) is 25.0 Å². The molecule has 0 radical (unpaired) electrons. The molecule has 4 fully saturated rings. The van der Waals surface area contributed by atoms with Gasteiger partial charge in [-0.1, -0.05) is 0 Å².